The first-order valence-electron chi connectivity index (χ1n) is 5.39. The zero-order chi connectivity index (χ0) is 9.10. The Kier molecular flexibility index (Phi) is 5.17. The summed E-state index contributed by atoms with van der Waals surface area (Å²) in [6.07, 6.45) is 4.43. The summed E-state index contributed by atoms with van der Waals surface area (Å²) >= 11 is 0. The molecule has 2 fully saturated rings. The molecular formula is C10H21ClN2O. The average molecular weight is 221 g/mol. The van der Waals surface area contributed by atoms with Crippen LogP contribution in [0.2, 0.25) is 0 Å². The molecule has 0 amide bonds. The van der Waals surface area contributed by atoms with Crippen LogP contribution in [0.5, 0.6) is 0 Å². The Labute approximate surface area is 92.6 Å². The Morgan fingerprint density at radius 3 is 2.57 bits per heavy atom. The summed E-state index contributed by atoms with van der Waals surface area (Å²) in [6, 6.07) is 0.701. The molecule has 0 radical (unpaired) electrons. The fraction of sp³-hybridized carbons (Fsp3) is 1.00. The maximum Gasteiger partial charge on any atom is 0.0726 e. The number of ether oxygens (including phenoxy) is 1. The van der Waals surface area contributed by atoms with Crippen molar-refractivity contribution in [2.24, 2.45) is 0 Å². The first-order chi connectivity index (χ1) is 6.42. The van der Waals surface area contributed by atoms with Gasteiger partial charge in [-0.15, -0.1) is 12.4 Å². The highest BCUT2D eigenvalue weighted by molar-refractivity contribution is 5.85. The van der Waals surface area contributed by atoms with Crippen molar-refractivity contribution in [1.29, 1.82) is 0 Å². The molecule has 1 saturated carbocycles. The van der Waals surface area contributed by atoms with Gasteiger partial charge in [0, 0.05) is 39.3 Å². The highest BCUT2D eigenvalue weighted by Gasteiger charge is 2.32. The van der Waals surface area contributed by atoms with E-state index in [0.717, 1.165) is 13.1 Å². The summed E-state index contributed by atoms with van der Waals surface area (Å²) < 4.78 is 5.51. The molecule has 0 spiro atoms. The van der Waals surface area contributed by atoms with Crippen LogP contribution in [0, 0.1) is 0 Å². The molecule has 1 saturated heterocycles. The van der Waals surface area contributed by atoms with Gasteiger partial charge in [0.25, 0.3) is 0 Å². The second-order valence-electron chi connectivity index (χ2n) is 4.06. The number of hydrogen-bond acceptors (Lipinski definition) is 3. The van der Waals surface area contributed by atoms with Gasteiger partial charge in [0.05, 0.1) is 6.10 Å². The molecule has 1 heterocycles. The topological polar surface area (TPSA) is 24.5 Å². The van der Waals surface area contributed by atoms with Crippen molar-refractivity contribution in [3.8, 4) is 0 Å². The predicted molar refractivity (Wildman–Crippen MR) is 60.1 cm³/mol. The second-order valence-corrected chi connectivity index (χ2v) is 4.06. The molecule has 0 aromatic heterocycles. The van der Waals surface area contributed by atoms with Crippen LogP contribution in [0.3, 0.4) is 0 Å². The van der Waals surface area contributed by atoms with Crippen molar-refractivity contribution in [3.05, 3.63) is 0 Å². The summed E-state index contributed by atoms with van der Waals surface area (Å²) in [5.74, 6) is 0. The fourth-order valence-corrected chi connectivity index (χ4v) is 2.61. The largest absolute Gasteiger partial charge is 0.380 e. The lowest BCUT2D eigenvalue weighted by Crippen LogP contribution is -2.51. The van der Waals surface area contributed by atoms with Crippen LogP contribution in [0.1, 0.15) is 19.3 Å². The molecule has 14 heavy (non-hydrogen) atoms. The number of methoxy groups -OCH3 is 1. The predicted octanol–water partition coefficient (Wildman–Crippen LogP) is 0.881. The minimum Gasteiger partial charge on any atom is -0.380 e. The quantitative estimate of drug-likeness (QED) is 0.748. The van der Waals surface area contributed by atoms with E-state index in [1.807, 2.05) is 7.11 Å². The van der Waals surface area contributed by atoms with Crippen molar-refractivity contribution < 1.29 is 4.74 Å². The summed E-state index contributed by atoms with van der Waals surface area (Å²) in [5.41, 5.74) is 0. The molecular weight excluding hydrogens is 200 g/mol. The van der Waals surface area contributed by atoms with Gasteiger partial charge in [-0.1, -0.05) is 0 Å². The Morgan fingerprint density at radius 1 is 1.21 bits per heavy atom. The molecule has 1 aliphatic carbocycles. The minimum atomic E-state index is 0. The van der Waals surface area contributed by atoms with Crippen LogP contribution in [0.4, 0.5) is 0 Å². The van der Waals surface area contributed by atoms with Crippen LogP contribution < -0.4 is 5.32 Å². The van der Waals surface area contributed by atoms with Crippen molar-refractivity contribution >= 4 is 12.4 Å². The third-order valence-corrected chi connectivity index (χ3v) is 3.34. The number of halogens is 1. The average Bonchev–Trinajstić information content (AvgIpc) is 2.67. The third kappa shape index (κ3) is 2.60. The number of rotatable bonds is 2. The molecule has 0 bridgehead atoms. The first kappa shape index (κ1) is 12.2. The van der Waals surface area contributed by atoms with Gasteiger partial charge in [0.1, 0.15) is 0 Å². The molecule has 2 atom stereocenters. The van der Waals surface area contributed by atoms with Gasteiger partial charge in [0.15, 0.2) is 0 Å². The summed E-state index contributed by atoms with van der Waals surface area (Å²) in [4.78, 5) is 2.59. The standard InChI is InChI=1S/C10H20N2O.ClH/c1-13-10-4-2-3-9(10)12-7-5-11-6-8-12;/h9-11H,2-8H2,1H3;1H. The highest BCUT2D eigenvalue weighted by atomic mass is 35.5. The van der Waals surface area contributed by atoms with Crippen LogP contribution >= 0.6 is 12.4 Å². The monoisotopic (exact) mass is 220 g/mol. The Hall–Kier alpha value is 0.170. The van der Waals surface area contributed by atoms with Crippen LogP contribution in [0.15, 0.2) is 0 Å². The lowest BCUT2D eigenvalue weighted by molar-refractivity contribution is 0.0281. The maximum absolute atomic E-state index is 5.51. The zero-order valence-electron chi connectivity index (χ0n) is 8.87. The van der Waals surface area contributed by atoms with Crippen LogP contribution in [0.25, 0.3) is 0 Å². The Bertz CT molecular complexity index is 162. The van der Waals surface area contributed by atoms with Crippen molar-refractivity contribution in [3.63, 3.8) is 0 Å². The van der Waals surface area contributed by atoms with E-state index in [4.69, 9.17) is 4.74 Å². The second kappa shape index (κ2) is 5.91. The van der Waals surface area contributed by atoms with E-state index in [0.29, 0.717) is 12.1 Å². The maximum atomic E-state index is 5.51. The van der Waals surface area contributed by atoms with E-state index < -0.39 is 0 Å². The molecule has 0 aromatic carbocycles. The number of nitrogens with one attached hydrogen (secondary N) is 1. The van der Waals surface area contributed by atoms with Gasteiger partial charge >= 0.3 is 0 Å². The normalized spacial score (nSPS) is 34.1. The Balaban J connectivity index is 0.000000980. The molecule has 0 aromatic rings. The smallest absolute Gasteiger partial charge is 0.0726 e. The molecule has 4 heteroatoms. The van der Waals surface area contributed by atoms with Gasteiger partial charge < -0.3 is 10.1 Å². The molecule has 84 valence electrons. The van der Waals surface area contributed by atoms with Crippen LogP contribution in [-0.4, -0.2) is 50.3 Å². The number of hydrogen-bond donors (Lipinski definition) is 1. The minimum absolute atomic E-state index is 0. The van der Waals surface area contributed by atoms with E-state index in [1.165, 1.54) is 32.4 Å². The van der Waals surface area contributed by atoms with Crippen molar-refractivity contribution in [2.75, 3.05) is 33.3 Å². The van der Waals surface area contributed by atoms with Gasteiger partial charge in [-0.3, -0.25) is 4.90 Å². The molecule has 2 rings (SSSR count). The fourth-order valence-electron chi connectivity index (χ4n) is 2.61. The van der Waals surface area contributed by atoms with E-state index in [1.54, 1.807) is 0 Å². The first-order valence-corrected chi connectivity index (χ1v) is 5.39. The number of piperazine rings is 1. The SMILES string of the molecule is COC1CCCC1N1CCNCC1.Cl. The lowest BCUT2D eigenvalue weighted by Gasteiger charge is -2.35. The van der Waals surface area contributed by atoms with E-state index in [9.17, 15) is 0 Å². The van der Waals surface area contributed by atoms with Gasteiger partial charge in [-0.25, -0.2) is 0 Å². The van der Waals surface area contributed by atoms with E-state index in [2.05, 4.69) is 10.2 Å². The molecule has 3 nitrogen and oxygen atoms in total. The molecule has 2 aliphatic rings. The highest BCUT2D eigenvalue weighted by Crippen LogP contribution is 2.26. The lowest BCUT2D eigenvalue weighted by atomic mass is 10.1. The summed E-state index contributed by atoms with van der Waals surface area (Å²) in [7, 11) is 1.85. The van der Waals surface area contributed by atoms with Crippen molar-refractivity contribution in [1.82, 2.24) is 10.2 Å². The Morgan fingerprint density at radius 2 is 1.93 bits per heavy atom. The summed E-state index contributed by atoms with van der Waals surface area (Å²) in [5, 5.41) is 3.39. The van der Waals surface area contributed by atoms with Crippen LogP contribution in [-0.2, 0) is 4.74 Å². The van der Waals surface area contributed by atoms with E-state index >= 15 is 0 Å². The molecule has 1 N–H and O–H groups in total. The molecule has 2 unspecified atom stereocenters. The molecule has 1 aliphatic heterocycles. The third-order valence-electron chi connectivity index (χ3n) is 3.34. The van der Waals surface area contributed by atoms with Crippen molar-refractivity contribution in [2.45, 2.75) is 31.4 Å². The summed E-state index contributed by atoms with van der Waals surface area (Å²) in [6.45, 7) is 4.69. The zero-order valence-corrected chi connectivity index (χ0v) is 9.68. The van der Waals surface area contributed by atoms with E-state index in [-0.39, 0.29) is 12.4 Å². The number of nitrogens with zero attached hydrogens (tertiary/aromatic N) is 1. The van der Waals surface area contributed by atoms with Gasteiger partial charge in [-0.2, -0.15) is 0 Å². The van der Waals surface area contributed by atoms with Gasteiger partial charge in [-0.05, 0) is 19.3 Å². The van der Waals surface area contributed by atoms with Gasteiger partial charge in [0.2, 0.25) is 0 Å².